The summed E-state index contributed by atoms with van der Waals surface area (Å²) in [6.45, 7) is 5.42. The average Bonchev–Trinajstić information content (AvgIpc) is 2.65. The van der Waals surface area contributed by atoms with Crippen LogP contribution in [0.5, 0.6) is 0 Å². The Hall–Kier alpha value is -2.08. The third-order valence-corrected chi connectivity index (χ3v) is 4.82. The third-order valence-electron chi connectivity index (χ3n) is 4.82. The maximum absolute atomic E-state index is 12.3. The number of rotatable bonds is 5. The second kappa shape index (κ2) is 8.85. The lowest BCUT2D eigenvalue weighted by Crippen LogP contribution is -2.52. The summed E-state index contributed by atoms with van der Waals surface area (Å²) in [5, 5.41) is 0. The highest BCUT2D eigenvalue weighted by molar-refractivity contribution is 5.82. The number of carbonyl (C=O) groups excluding carboxylic acids is 2. The van der Waals surface area contributed by atoms with Gasteiger partial charge in [-0.05, 0) is 24.3 Å². The van der Waals surface area contributed by atoms with Crippen molar-refractivity contribution in [2.45, 2.75) is 45.4 Å². The fourth-order valence-electron chi connectivity index (χ4n) is 2.94. The highest BCUT2D eigenvalue weighted by atomic mass is 16.6. The zero-order valence-electron chi connectivity index (χ0n) is 15.4. The molecule has 0 aromatic heterocycles. The average molecular weight is 347 g/mol. The Balaban J connectivity index is 1.79. The van der Waals surface area contributed by atoms with Gasteiger partial charge in [0, 0.05) is 26.2 Å². The minimum Gasteiger partial charge on any atom is -0.445 e. The van der Waals surface area contributed by atoms with Gasteiger partial charge in [0.1, 0.15) is 6.61 Å². The van der Waals surface area contributed by atoms with E-state index in [-0.39, 0.29) is 30.6 Å². The molecule has 25 heavy (non-hydrogen) atoms. The molecule has 1 fully saturated rings. The smallest absolute Gasteiger partial charge is 0.410 e. The van der Waals surface area contributed by atoms with Gasteiger partial charge in [-0.15, -0.1) is 0 Å². The van der Waals surface area contributed by atoms with E-state index in [2.05, 4.69) is 0 Å². The van der Waals surface area contributed by atoms with E-state index < -0.39 is 6.04 Å². The monoisotopic (exact) mass is 347 g/mol. The van der Waals surface area contributed by atoms with Crippen LogP contribution in [0.15, 0.2) is 30.3 Å². The molecule has 0 saturated carbocycles. The number of amides is 2. The second-order valence-electron chi connectivity index (χ2n) is 6.98. The molecule has 2 rings (SSSR count). The number of hydrogen-bond donors (Lipinski definition) is 1. The van der Waals surface area contributed by atoms with Crippen LogP contribution < -0.4 is 5.73 Å². The van der Waals surface area contributed by atoms with Gasteiger partial charge in [0.05, 0.1) is 6.04 Å². The largest absolute Gasteiger partial charge is 0.445 e. The number of nitrogens with zero attached hydrogens (tertiary/aromatic N) is 2. The van der Waals surface area contributed by atoms with E-state index in [1.54, 1.807) is 11.9 Å². The van der Waals surface area contributed by atoms with Crippen LogP contribution in [-0.4, -0.2) is 54.0 Å². The van der Waals surface area contributed by atoms with Crippen molar-refractivity contribution < 1.29 is 14.3 Å². The Labute approximate surface area is 149 Å². The van der Waals surface area contributed by atoms with Crippen LogP contribution >= 0.6 is 0 Å². The van der Waals surface area contributed by atoms with Crippen molar-refractivity contribution in [1.29, 1.82) is 0 Å². The van der Waals surface area contributed by atoms with Gasteiger partial charge < -0.3 is 20.3 Å². The first-order valence-corrected chi connectivity index (χ1v) is 8.88. The maximum Gasteiger partial charge on any atom is 0.410 e. The molecule has 1 saturated heterocycles. The first-order valence-electron chi connectivity index (χ1n) is 8.88. The summed E-state index contributed by atoms with van der Waals surface area (Å²) < 4.78 is 5.37. The van der Waals surface area contributed by atoms with E-state index in [0.29, 0.717) is 13.1 Å². The van der Waals surface area contributed by atoms with Gasteiger partial charge in [0.25, 0.3) is 0 Å². The Kier molecular flexibility index (Phi) is 6.82. The molecular formula is C19H29N3O3. The normalized spacial score (nSPS) is 16.6. The Morgan fingerprint density at radius 3 is 2.40 bits per heavy atom. The van der Waals surface area contributed by atoms with Crippen LogP contribution in [0.1, 0.15) is 32.3 Å². The van der Waals surface area contributed by atoms with Crippen molar-refractivity contribution in [2.75, 3.05) is 20.1 Å². The standard InChI is InChI=1S/C19H29N3O3/c1-14(2)17(20)18(23)22-11-9-16(10-12-22)21(3)19(24)25-13-15-7-5-4-6-8-15/h4-8,14,16-17H,9-13,20H2,1-3H3. The number of benzene rings is 1. The first kappa shape index (κ1) is 19.2. The Morgan fingerprint density at radius 2 is 1.84 bits per heavy atom. The van der Waals surface area contributed by atoms with Crippen LogP contribution in [0, 0.1) is 5.92 Å². The SMILES string of the molecule is CC(C)C(N)C(=O)N1CCC(N(C)C(=O)OCc2ccccc2)CC1. The molecule has 138 valence electrons. The van der Waals surface area contributed by atoms with E-state index >= 15 is 0 Å². The van der Waals surface area contributed by atoms with E-state index in [1.165, 1.54) is 0 Å². The molecule has 1 aliphatic heterocycles. The van der Waals surface area contributed by atoms with Crippen LogP contribution in [0.3, 0.4) is 0 Å². The number of piperidine rings is 1. The lowest BCUT2D eigenvalue weighted by Gasteiger charge is -2.37. The van der Waals surface area contributed by atoms with Crippen LogP contribution in [-0.2, 0) is 16.1 Å². The zero-order valence-corrected chi connectivity index (χ0v) is 15.4. The molecule has 0 aliphatic carbocycles. The third kappa shape index (κ3) is 5.19. The summed E-state index contributed by atoms with van der Waals surface area (Å²) in [7, 11) is 1.76. The second-order valence-corrected chi connectivity index (χ2v) is 6.98. The highest BCUT2D eigenvalue weighted by Gasteiger charge is 2.30. The van der Waals surface area contributed by atoms with E-state index in [1.807, 2.05) is 49.1 Å². The molecule has 2 amide bonds. The van der Waals surface area contributed by atoms with Crippen LogP contribution in [0.4, 0.5) is 4.79 Å². The molecule has 0 spiro atoms. The summed E-state index contributed by atoms with van der Waals surface area (Å²) in [6, 6.07) is 9.25. The predicted molar refractivity (Wildman–Crippen MR) is 96.8 cm³/mol. The highest BCUT2D eigenvalue weighted by Crippen LogP contribution is 2.18. The van der Waals surface area contributed by atoms with Gasteiger partial charge in [0.15, 0.2) is 0 Å². The lowest BCUT2D eigenvalue weighted by molar-refractivity contribution is -0.135. The minimum atomic E-state index is -0.454. The molecule has 1 aromatic rings. The number of nitrogens with two attached hydrogens (primary N) is 1. The van der Waals surface area contributed by atoms with Gasteiger partial charge in [-0.1, -0.05) is 44.2 Å². The lowest BCUT2D eigenvalue weighted by atomic mass is 10.00. The van der Waals surface area contributed by atoms with E-state index in [0.717, 1.165) is 18.4 Å². The number of carbonyl (C=O) groups is 2. The van der Waals surface area contributed by atoms with Gasteiger partial charge in [-0.3, -0.25) is 4.79 Å². The number of hydrogen-bond acceptors (Lipinski definition) is 4. The van der Waals surface area contributed by atoms with Crippen molar-refractivity contribution in [2.24, 2.45) is 11.7 Å². The molecule has 1 unspecified atom stereocenters. The summed E-state index contributed by atoms with van der Waals surface area (Å²) in [5.74, 6) is 0.128. The van der Waals surface area contributed by atoms with Crippen molar-refractivity contribution in [3.05, 3.63) is 35.9 Å². The molecule has 1 aliphatic rings. The maximum atomic E-state index is 12.3. The van der Waals surface area contributed by atoms with Gasteiger partial charge in [-0.2, -0.15) is 0 Å². The van der Waals surface area contributed by atoms with E-state index in [4.69, 9.17) is 10.5 Å². The van der Waals surface area contributed by atoms with Crippen molar-refractivity contribution in [3.63, 3.8) is 0 Å². The molecule has 0 bridgehead atoms. The molecule has 0 radical (unpaired) electrons. The molecule has 6 nitrogen and oxygen atoms in total. The fraction of sp³-hybridized carbons (Fsp3) is 0.579. The quantitative estimate of drug-likeness (QED) is 0.886. The summed E-state index contributed by atoms with van der Waals surface area (Å²) in [5.41, 5.74) is 6.92. The van der Waals surface area contributed by atoms with Crippen LogP contribution in [0.2, 0.25) is 0 Å². The van der Waals surface area contributed by atoms with Gasteiger partial charge >= 0.3 is 6.09 Å². The van der Waals surface area contributed by atoms with Gasteiger partial charge in [0.2, 0.25) is 5.91 Å². The summed E-state index contributed by atoms with van der Waals surface area (Å²) in [6.07, 6.45) is 1.16. The van der Waals surface area contributed by atoms with Crippen molar-refractivity contribution in [3.8, 4) is 0 Å². The van der Waals surface area contributed by atoms with Crippen molar-refractivity contribution >= 4 is 12.0 Å². The number of likely N-dealkylation sites (tertiary alicyclic amines) is 1. The zero-order chi connectivity index (χ0) is 18.4. The van der Waals surface area contributed by atoms with E-state index in [9.17, 15) is 9.59 Å². The Bertz CT molecular complexity index is 569. The first-order chi connectivity index (χ1) is 11.9. The predicted octanol–water partition coefficient (Wildman–Crippen LogP) is 2.23. The summed E-state index contributed by atoms with van der Waals surface area (Å²) in [4.78, 5) is 28.0. The topological polar surface area (TPSA) is 75.9 Å². The molecule has 1 heterocycles. The Morgan fingerprint density at radius 1 is 1.24 bits per heavy atom. The van der Waals surface area contributed by atoms with Crippen molar-refractivity contribution in [1.82, 2.24) is 9.80 Å². The fourth-order valence-corrected chi connectivity index (χ4v) is 2.94. The molecule has 2 N–H and O–H groups in total. The molecular weight excluding hydrogens is 318 g/mol. The van der Waals surface area contributed by atoms with Gasteiger partial charge in [-0.25, -0.2) is 4.79 Å². The molecule has 1 aromatic carbocycles. The summed E-state index contributed by atoms with van der Waals surface area (Å²) >= 11 is 0. The molecule has 1 atom stereocenters. The number of ether oxygens (including phenoxy) is 1. The minimum absolute atomic E-state index is 0.00255. The van der Waals surface area contributed by atoms with Crippen LogP contribution in [0.25, 0.3) is 0 Å². The molecule has 6 heteroatoms.